The first kappa shape index (κ1) is 24.8. The van der Waals surface area contributed by atoms with Gasteiger partial charge in [0, 0.05) is 25.6 Å². The molecule has 1 heterocycles. The molecule has 1 aromatic rings. The third-order valence-corrected chi connectivity index (χ3v) is 5.73. The summed E-state index contributed by atoms with van der Waals surface area (Å²) in [5, 5.41) is 5.70. The molecule has 172 valence electrons. The molecule has 2 rings (SSSR count). The third kappa shape index (κ3) is 7.33. The van der Waals surface area contributed by atoms with E-state index in [1.807, 2.05) is 39.5 Å². The predicted octanol–water partition coefficient (Wildman–Crippen LogP) is 3.51. The second-order valence-electron chi connectivity index (χ2n) is 9.70. The molecule has 1 fully saturated rings. The Morgan fingerprint density at radius 3 is 2.29 bits per heavy atom. The molecule has 2 atom stereocenters. The van der Waals surface area contributed by atoms with Gasteiger partial charge in [0.1, 0.15) is 11.9 Å². The highest BCUT2D eigenvalue weighted by Gasteiger charge is 2.35. The van der Waals surface area contributed by atoms with Crippen molar-refractivity contribution in [1.29, 1.82) is 0 Å². The predicted molar refractivity (Wildman–Crippen MR) is 119 cm³/mol. The van der Waals surface area contributed by atoms with E-state index in [1.165, 1.54) is 18.2 Å². The zero-order valence-corrected chi connectivity index (χ0v) is 19.3. The van der Waals surface area contributed by atoms with Crippen molar-refractivity contribution in [3.05, 3.63) is 35.6 Å². The summed E-state index contributed by atoms with van der Waals surface area (Å²) in [4.78, 5) is 40.1. The summed E-state index contributed by atoms with van der Waals surface area (Å²) < 4.78 is 14.1. The Bertz CT molecular complexity index is 783. The normalized spacial score (nSPS) is 17.0. The van der Waals surface area contributed by atoms with E-state index < -0.39 is 17.8 Å². The van der Waals surface area contributed by atoms with Crippen molar-refractivity contribution in [2.75, 3.05) is 13.1 Å². The zero-order valence-electron chi connectivity index (χ0n) is 19.3. The number of likely N-dealkylation sites (tertiary alicyclic amines) is 1. The summed E-state index contributed by atoms with van der Waals surface area (Å²) in [5.74, 6) is -1.50. The Hall–Kier alpha value is -2.44. The molecule has 1 saturated heterocycles. The number of piperidine rings is 1. The molecule has 0 aliphatic carbocycles. The third-order valence-electron chi connectivity index (χ3n) is 5.73. The van der Waals surface area contributed by atoms with Gasteiger partial charge in [-0.2, -0.15) is 0 Å². The SMILES string of the molecule is CCC(C)NC(=O)C(NC(=O)c1ccccc1F)C1CCN(C(=O)CC(C)(C)C)CC1. The largest absolute Gasteiger partial charge is 0.352 e. The molecular formula is C24H36FN3O3. The van der Waals surface area contributed by atoms with Crippen molar-refractivity contribution in [2.45, 2.75) is 72.4 Å². The van der Waals surface area contributed by atoms with E-state index in [2.05, 4.69) is 10.6 Å². The number of benzene rings is 1. The molecule has 2 unspecified atom stereocenters. The first-order chi connectivity index (χ1) is 14.5. The lowest BCUT2D eigenvalue weighted by Gasteiger charge is -2.37. The fourth-order valence-electron chi connectivity index (χ4n) is 3.74. The maximum Gasteiger partial charge on any atom is 0.254 e. The molecule has 0 spiro atoms. The van der Waals surface area contributed by atoms with Crippen LogP contribution in [0.2, 0.25) is 0 Å². The van der Waals surface area contributed by atoms with Gasteiger partial charge in [0.2, 0.25) is 11.8 Å². The van der Waals surface area contributed by atoms with E-state index in [1.54, 1.807) is 6.07 Å². The number of amides is 3. The van der Waals surface area contributed by atoms with E-state index in [0.29, 0.717) is 32.4 Å². The number of halogens is 1. The molecule has 0 aromatic heterocycles. The van der Waals surface area contributed by atoms with Crippen LogP contribution < -0.4 is 10.6 Å². The Balaban J connectivity index is 2.11. The van der Waals surface area contributed by atoms with Crippen molar-refractivity contribution >= 4 is 17.7 Å². The van der Waals surface area contributed by atoms with Gasteiger partial charge >= 0.3 is 0 Å². The quantitative estimate of drug-likeness (QED) is 0.691. The molecule has 0 bridgehead atoms. The lowest BCUT2D eigenvalue weighted by molar-refractivity contribution is -0.134. The van der Waals surface area contributed by atoms with Crippen molar-refractivity contribution in [1.82, 2.24) is 15.5 Å². The van der Waals surface area contributed by atoms with Gasteiger partial charge in [0.05, 0.1) is 5.56 Å². The molecule has 0 radical (unpaired) electrons. The van der Waals surface area contributed by atoms with Gasteiger partial charge < -0.3 is 15.5 Å². The van der Waals surface area contributed by atoms with E-state index in [0.717, 1.165) is 6.42 Å². The monoisotopic (exact) mass is 433 g/mol. The van der Waals surface area contributed by atoms with Crippen LogP contribution in [0.4, 0.5) is 4.39 Å². The molecular weight excluding hydrogens is 397 g/mol. The van der Waals surface area contributed by atoms with Crippen LogP contribution in [0.15, 0.2) is 24.3 Å². The van der Waals surface area contributed by atoms with Crippen LogP contribution in [0.25, 0.3) is 0 Å². The summed E-state index contributed by atoms with van der Waals surface area (Å²) in [5.41, 5.74) is -0.165. The maximum absolute atomic E-state index is 14.1. The van der Waals surface area contributed by atoms with Gasteiger partial charge in [-0.15, -0.1) is 0 Å². The van der Waals surface area contributed by atoms with E-state index in [-0.39, 0.29) is 34.8 Å². The van der Waals surface area contributed by atoms with Crippen molar-refractivity contribution in [2.24, 2.45) is 11.3 Å². The van der Waals surface area contributed by atoms with E-state index in [9.17, 15) is 18.8 Å². The summed E-state index contributed by atoms with van der Waals surface area (Å²) in [6.07, 6.45) is 2.44. The van der Waals surface area contributed by atoms with Gasteiger partial charge in [0.15, 0.2) is 0 Å². The first-order valence-electron chi connectivity index (χ1n) is 11.2. The highest BCUT2D eigenvalue weighted by atomic mass is 19.1. The van der Waals surface area contributed by atoms with Crippen LogP contribution >= 0.6 is 0 Å². The highest BCUT2D eigenvalue weighted by molar-refractivity contribution is 5.97. The van der Waals surface area contributed by atoms with Crippen molar-refractivity contribution < 1.29 is 18.8 Å². The van der Waals surface area contributed by atoms with Crippen molar-refractivity contribution in [3.8, 4) is 0 Å². The zero-order chi connectivity index (χ0) is 23.2. The minimum atomic E-state index is -0.777. The Morgan fingerprint density at radius 2 is 1.74 bits per heavy atom. The van der Waals surface area contributed by atoms with Gasteiger partial charge in [-0.1, -0.05) is 39.8 Å². The topological polar surface area (TPSA) is 78.5 Å². The van der Waals surface area contributed by atoms with Gasteiger partial charge in [0.25, 0.3) is 5.91 Å². The molecule has 2 N–H and O–H groups in total. The molecule has 6 nitrogen and oxygen atoms in total. The lowest BCUT2D eigenvalue weighted by atomic mass is 9.87. The number of nitrogens with one attached hydrogen (secondary N) is 2. The smallest absolute Gasteiger partial charge is 0.254 e. The fourth-order valence-corrected chi connectivity index (χ4v) is 3.74. The van der Waals surface area contributed by atoms with E-state index in [4.69, 9.17) is 0 Å². The van der Waals surface area contributed by atoms with Gasteiger partial charge in [-0.3, -0.25) is 14.4 Å². The molecule has 1 aliphatic rings. The Morgan fingerprint density at radius 1 is 1.13 bits per heavy atom. The van der Waals surface area contributed by atoms with Crippen LogP contribution in [0.3, 0.4) is 0 Å². The molecule has 1 aliphatic heterocycles. The molecule has 7 heteroatoms. The van der Waals surface area contributed by atoms with Gasteiger partial charge in [-0.25, -0.2) is 4.39 Å². The number of hydrogen-bond donors (Lipinski definition) is 2. The van der Waals surface area contributed by atoms with Crippen LogP contribution in [0.5, 0.6) is 0 Å². The van der Waals surface area contributed by atoms with E-state index >= 15 is 0 Å². The summed E-state index contributed by atoms with van der Waals surface area (Å²) in [7, 11) is 0. The molecule has 3 amide bonds. The lowest BCUT2D eigenvalue weighted by Crippen LogP contribution is -2.55. The number of nitrogens with zero attached hydrogens (tertiary/aromatic N) is 1. The Labute approximate surface area is 185 Å². The van der Waals surface area contributed by atoms with Crippen LogP contribution in [-0.2, 0) is 9.59 Å². The fraction of sp³-hybridized carbons (Fsp3) is 0.625. The standard InChI is InChI=1S/C24H36FN3O3/c1-6-16(2)26-23(31)21(27-22(30)18-9-7-8-10-19(18)25)17-11-13-28(14-12-17)20(29)15-24(3,4)5/h7-10,16-17,21H,6,11-15H2,1-5H3,(H,26,31)(H,27,30). The van der Waals surface area contributed by atoms with Crippen LogP contribution in [0.1, 0.15) is 70.7 Å². The average molecular weight is 434 g/mol. The van der Waals surface area contributed by atoms with Crippen molar-refractivity contribution in [3.63, 3.8) is 0 Å². The number of carbonyl (C=O) groups is 3. The number of hydrogen-bond acceptors (Lipinski definition) is 3. The second kappa shape index (κ2) is 10.7. The first-order valence-corrected chi connectivity index (χ1v) is 11.2. The Kier molecular flexibility index (Phi) is 8.60. The highest BCUT2D eigenvalue weighted by Crippen LogP contribution is 2.25. The molecule has 1 aromatic carbocycles. The molecule has 0 saturated carbocycles. The average Bonchev–Trinajstić information content (AvgIpc) is 2.70. The number of carbonyl (C=O) groups excluding carboxylic acids is 3. The summed E-state index contributed by atoms with van der Waals surface area (Å²) in [6, 6.07) is 4.93. The summed E-state index contributed by atoms with van der Waals surface area (Å²) in [6.45, 7) is 11.1. The molecule has 31 heavy (non-hydrogen) atoms. The maximum atomic E-state index is 14.1. The second-order valence-corrected chi connectivity index (χ2v) is 9.70. The summed E-state index contributed by atoms with van der Waals surface area (Å²) >= 11 is 0. The number of rotatable bonds is 7. The minimum absolute atomic E-state index is 0.0335. The minimum Gasteiger partial charge on any atom is -0.352 e. The van der Waals surface area contributed by atoms with Gasteiger partial charge in [-0.05, 0) is 49.7 Å². The van der Waals surface area contributed by atoms with Crippen LogP contribution in [-0.4, -0.2) is 47.8 Å². The van der Waals surface area contributed by atoms with Crippen LogP contribution in [0, 0.1) is 17.2 Å².